The molecule has 0 atom stereocenters. The first-order valence-electron chi connectivity index (χ1n) is 6.95. The maximum Gasteiger partial charge on any atom is 0.261 e. The van der Waals surface area contributed by atoms with Crippen LogP contribution in [0.1, 0.15) is 22.2 Å². The number of anilines is 1. The number of aromatic nitrogens is 2. The van der Waals surface area contributed by atoms with Gasteiger partial charge in [0.05, 0.1) is 10.3 Å². The monoisotopic (exact) mass is 307 g/mol. The molecule has 6 nitrogen and oxygen atoms in total. The van der Waals surface area contributed by atoms with Crippen LogP contribution in [-0.4, -0.2) is 54.5 Å². The Bertz CT molecular complexity index is 638. The zero-order chi connectivity index (χ0) is 15.4. The molecule has 0 spiro atoms. The number of carbonyl (C=O) groups is 1. The SMILES string of the molecule is CCNC(=O)c1sc2ncnc(NCCN(C)C)c2c1C. The van der Waals surface area contributed by atoms with Gasteiger partial charge in [-0.3, -0.25) is 4.79 Å². The van der Waals surface area contributed by atoms with E-state index in [-0.39, 0.29) is 5.91 Å². The topological polar surface area (TPSA) is 70.1 Å². The number of thiophene rings is 1. The molecule has 2 heterocycles. The van der Waals surface area contributed by atoms with E-state index < -0.39 is 0 Å². The fraction of sp³-hybridized carbons (Fsp3) is 0.500. The zero-order valence-electron chi connectivity index (χ0n) is 12.9. The molecule has 2 aromatic heterocycles. The number of rotatable bonds is 6. The quantitative estimate of drug-likeness (QED) is 0.850. The molecule has 114 valence electrons. The second-order valence-corrected chi connectivity index (χ2v) is 6.05. The summed E-state index contributed by atoms with van der Waals surface area (Å²) in [6, 6.07) is 0. The van der Waals surface area contributed by atoms with Crippen molar-refractivity contribution in [2.75, 3.05) is 39.0 Å². The van der Waals surface area contributed by atoms with Crippen LogP contribution in [0.15, 0.2) is 6.33 Å². The highest BCUT2D eigenvalue weighted by Gasteiger charge is 2.18. The number of fused-ring (bicyclic) bond motifs is 1. The van der Waals surface area contributed by atoms with Gasteiger partial charge in [-0.15, -0.1) is 11.3 Å². The second-order valence-electron chi connectivity index (χ2n) is 5.05. The van der Waals surface area contributed by atoms with E-state index >= 15 is 0 Å². The van der Waals surface area contributed by atoms with Gasteiger partial charge in [-0.1, -0.05) is 0 Å². The zero-order valence-corrected chi connectivity index (χ0v) is 13.7. The van der Waals surface area contributed by atoms with E-state index in [1.807, 2.05) is 27.9 Å². The van der Waals surface area contributed by atoms with Gasteiger partial charge in [-0.2, -0.15) is 0 Å². The van der Waals surface area contributed by atoms with Crippen molar-refractivity contribution >= 4 is 33.3 Å². The maximum absolute atomic E-state index is 12.1. The summed E-state index contributed by atoms with van der Waals surface area (Å²) in [5.74, 6) is 0.753. The predicted molar refractivity (Wildman–Crippen MR) is 87.2 cm³/mol. The van der Waals surface area contributed by atoms with Gasteiger partial charge in [0.15, 0.2) is 0 Å². The number of hydrogen-bond donors (Lipinski definition) is 2. The van der Waals surface area contributed by atoms with Gasteiger partial charge in [0, 0.05) is 19.6 Å². The summed E-state index contributed by atoms with van der Waals surface area (Å²) in [5, 5.41) is 7.11. The van der Waals surface area contributed by atoms with E-state index in [0.29, 0.717) is 11.4 Å². The average Bonchev–Trinajstić information content (AvgIpc) is 2.77. The minimum atomic E-state index is -0.0442. The van der Waals surface area contributed by atoms with Crippen molar-refractivity contribution < 1.29 is 4.79 Å². The molecule has 2 N–H and O–H groups in total. The van der Waals surface area contributed by atoms with Crippen LogP contribution in [0.2, 0.25) is 0 Å². The van der Waals surface area contributed by atoms with Crippen molar-refractivity contribution in [1.29, 1.82) is 0 Å². The van der Waals surface area contributed by atoms with E-state index in [9.17, 15) is 4.79 Å². The van der Waals surface area contributed by atoms with Crippen LogP contribution in [0, 0.1) is 6.92 Å². The van der Waals surface area contributed by atoms with Crippen LogP contribution >= 0.6 is 11.3 Å². The van der Waals surface area contributed by atoms with Crippen molar-refractivity contribution in [2.24, 2.45) is 0 Å². The highest BCUT2D eigenvalue weighted by atomic mass is 32.1. The molecule has 0 unspecified atom stereocenters. The number of aryl methyl sites for hydroxylation is 1. The summed E-state index contributed by atoms with van der Waals surface area (Å²) in [7, 11) is 4.06. The minimum Gasteiger partial charge on any atom is -0.368 e. The van der Waals surface area contributed by atoms with Gasteiger partial charge in [-0.05, 0) is 33.5 Å². The molecule has 0 aromatic carbocycles. The lowest BCUT2D eigenvalue weighted by atomic mass is 10.2. The summed E-state index contributed by atoms with van der Waals surface area (Å²) in [4.78, 5) is 24.3. The first-order chi connectivity index (χ1) is 10.0. The summed E-state index contributed by atoms with van der Waals surface area (Å²) in [6.07, 6.45) is 1.54. The molecule has 1 amide bonds. The Kier molecular flexibility index (Phi) is 5.08. The minimum absolute atomic E-state index is 0.0442. The fourth-order valence-electron chi connectivity index (χ4n) is 2.06. The number of nitrogens with one attached hydrogen (secondary N) is 2. The van der Waals surface area contributed by atoms with Gasteiger partial charge in [0.25, 0.3) is 5.91 Å². The van der Waals surface area contributed by atoms with Crippen LogP contribution in [0.25, 0.3) is 10.2 Å². The molecule has 0 aliphatic heterocycles. The lowest BCUT2D eigenvalue weighted by molar-refractivity contribution is 0.0959. The Hall–Kier alpha value is -1.73. The lowest BCUT2D eigenvalue weighted by Gasteiger charge is -2.11. The van der Waals surface area contributed by atoms with Gasteiger partial charge < -0.3 is 15.5 Å². The van der Waals surface area contributed by atoms with Crippen LogP contribution in [0.4, 0.5) is 5.82 Å². The molecule has 2 rings (SSSR count). The molecule has 0 aliphatic rings. The Balaban J connectivity index is 2.33. The van der Waals surface area contributed by atoms with Gasteiger partial charge in [0.1, 0.15) is 17.0 Å². The molecular formula is C14H21N5OS. The Labute approximate surface area is 128 Å². The first-order valence-corrected chi connectivity index (χ1v) is 7.77. The summed E-state index contributed by atoms with van der Waals surface area (Å²) in [6.45, 7) is 6.19. The van der Waals surface area contributed by atoms with Gasteiger partial charge in [0.2, 0.25) is 0 Å². The Morgan fingerprint density at radius 1 is 1.38 bits per heavy atom. The highest BCUT2D eigenvalue weighted by molar-refractivity contribution is 7.20. The van der Waals surface area contributed by atoms with Crippen molar-refractivity contribution in [3.05, 3.63) is 16.8 Å². The van der Waals surface area contributed by atoms with E-state index in [1.165, 1.54) is 17.7 Å². The van der Waals surface area contributed by atoms with Gasteiger partial charge >= 0.3 is 0 Å². The normalized spacial score (nSPS) is 11.1. The van der Waals surface area contributed by atoms with E-state index in [1.54, 1.807) is 0 Å². The summed E-state index contributed by atoms with van der Waals surface area (Å²) >= 11 is 1.41. The van der Waals surface area contributed by atoms with Crippen molar-refractivity contribution in [3.63, 3.8) is 0 Å². The molecule has 0 fully saturated rings. The standard InChI is InChI=1S/C14H21N5OS/c1-5-15-13(20)11-9(2)10-12(16-6-7-19(3)4)17-8-18-14(10)21-11/h8H,5-7H2,1-4H3,(H,15,20)(H,16,17,18). The molecule has 0 bridgehead atoms. The molecule has 0 saturated heterocycles. The lowest BCUT2D eigenvalue weighted by Crippen LogP contribution is -2.22. The van der Waals surface area contributed by atoms with Crippen LogP contribution < -0.4 is 10.6 Å². The maximum atomic E-state index is 12.1. The second kappa shape index (κ2) is 6.82. The number of hydrogen-bond acceptors (Lipinski definition) is 6. The van der Waals surface area contributed by atoms with Crippen LogP contribution in [0.5, 0.6) is 0 Å². The summed E-state index contributed by atoms with van der Waals surface area (Å²) < 4.78 is 0. The van der Waals surface area contributed by atoms with Crippen molar-refractivity contribution in [3.8, 4) is 0 Å². The number of likely N-dealkylation sites (N-methyl/N-ethyl adjacent to an activating group) is 1. The molecule has 21 heavy (non-hydrogen) atoms. The van der Waals surface area contributed by atoms with Crippen LogP contribution in [0.3, 0.4) is 0 Å². The smallest absolute Gasteiger partial charge is 0.261 e. The van der Waals surface area contributed by atoms with Crippen molar-refractivity contribution in [2.45, 2.75) is 13.8 Å². The van der Waals surface area contributed by atoms with E-state index in [4.69, 9.17) is 0 Å². The number of amides is 1. The van der Waals surface area contributed by atoms with Crippen LogP contribution in [-0.2, 0) is 0 Å². The fourth-order valence-corrected chi connectivity index (χ4v) is 3.13. The largest absolute Gasteiger partial charge is 0.368 e. The number of nitrogens with zero attached hydrogens (tertiary/aromatic N) is 3. The average molecular weight is 307 g/mol. The Morgan fingerprint density at radius 3 is 2.81 bits per heavy atom. The Morgan fingerprint density at radius 2 is 2.14 bits per heavy atom. The van der Waals surface area contributed by atoms with Crippen molar-refractivity contribution in [1.82, 2.24) is 20.2 Å². The molecular weight excluding hydrogens is 286 g/mol. The molecule has 0 radical (unpaired) electrons. The molecule has 7 heteroatoms. The van der Waals surface area contributed by atoms with Gasteiger partial charge in [-0.25, -0.2) is 9.97 Å². The third kappa shape index (κ3) is 3.48. The third-order valence-corrected chi connectivity index (χ3v) is 4.32. The predicted octanol–water partition coefficient (Wildman–Crippen LogP) is 1.72. The third-order valence-electron chi connectivity index (χ3n) is 3.12. The molecule has 2 aromatic rings. The van der Waals surface area contributed by atoms with E-state index in [2.05, 4.69) is 25.5 Å². The molecule has 0 aliphatic carbocycles. The highest BCUT2D eigenvalue weighted by Crippen LogP contribution is 2.33. The van der Waals surface area contributed by atoms with E-state index in [0.717, 1.165) is 34.7 Å². The molecule has 0 saturated carbocycles. The first kappa shape index (κ1) is 15.7. The number of carbonyl (C=O) groups excluding carboxylic acids is 1. The summed E-state index contributed by atoms with van der Waals surface area (Å²) in [5.41, 5.74) is 0.939.